The maximum atomic E-state index is 13.6. The second-order valence-electron chi connectivity index (χ2n) is 6.67. The van der Waals surface area contributed by atoms with Gasteiger partial charge in [0.05, 0.1) is 12.2 Å². The first-order valence-corrected chi connectivity index (χ1v) is 9.62. The number of nitrogens with zero attached hydrogens (tertiary/aromatic N) is 2. The first-order chi connectivity index (χ1) is 14.8. The number of ether oxygens (including phenoxy) is 1. The molecule has 1 aromatic heterocycles. The van der Waals surface area contributed by atoms with Crippen LogP contribution in [0.5, 0.6) is 5.75 Å². The van der Waals surface area contributed by atoms with E-state index in [4.69, 9.17) is 16.3 Å². The largest absolute Gasteiger partial charge is 0.478 e. The van der Waals surface area contributed by atoms with Crippen LogP contribution in [0.4, 0.5) is 8.78 Å². The Kier molecular flexibility index (Phi) is 6.86. The monoisotopic (exact) mass is 448 g/mol. The molecule has 0 spiro atoms. The van der Waals surface area contributed by atoms with Crippen LogP contribution in [0.3, 0.4) is 0 Å². The van der Waals surface area contributed by atoms with Gasteiger partial charge in [-0.1, -0.05) is 35.9 Å². The number of benzene rings is 2. The molecule has 10 heteroatoms. The minimum Gasteiger partial charge on any atom is -0.478 e. The molecule has 7 nitrogen and oxygen atoms in total. The van der Waals surface area contributed by atoms with Crippen LogP contribution in [0.25, 0.3) is 0 Å². The summed E-state index contributed by atoms with van der Waals surface area (Å²) in [7, 11) is 0. The Bertz CT molecular complexity index is 1100. The molecule has 31 heavy (non-hydrogen) atoms. The molecular weight excluding hydrogens is 430 g/mol. The number of para-hydroxylation sites is 1. The van der Waals surface area contributed by atoms with Crippen LogP contribution in [-0.4, -0.2) is 27.7 Å². The van der Waals surface area contributed by atoms with Gasteiger partial charge in [-0.15, -0.1) is 0 Å². The lowest BCUT2D eigenvalue weighted by atomic mass is 10.2. The first kappa shape index (κ1) is 22.2. The predicted octanol–water partition coefficient (Wildman–Crippen LogP) is 3.40. The van der Waals surface area contributed by atoms with Crippen molar-refractivity contribution in [2.45, 2.75) is 26.5 Å². The van der Waals surface area contributed by atoms with Gasteiger partial charge in [-0.3, -0.25) is 20.4 Å². The van der Waals surface area contributed by atoms with Gasteiger partial charge in [-0.2, -0.15) is 5.10 Å². The van der Waals surface area contributed by atoms with E-state index in [1.165, 1.54) is 41.9 Å². The minimum atomic E-state index is -1.07. The zero-order valence-corrected chi connectivity index (χ0v) is 17.4. The number of hydrazine groups is 1. The van der Waals surface area contributed by atoms with Crippen LogP contribution in [0.15, 0.2) is 48.5 Å². The van der Waals surface area contributed by atoms with E-state index < -0.39 is 23.7 Å². The Morgan fingerprint density at radius 2 is 1.81 bits per heavy atom. The van der Waals surface area contributed by atoms with Gasteiger partial charge in [0.15, 0.2) is 17.7 Å². The second-order valence-corrected chi connectivity index (χ2v) is 7.03. The lowest BCUT2D eigenvalue weighted by molar-refractivity contribution is -0.128. The molecule has 0 aliphatic rings. The summed E-state index contributed by atoms with van der Waals surface area (Å²) in [5.41, 5.74) is 5.62. The van der Waals surface area contributed by atoms with Gasteiger partial charge < -0.3 is 4.74 Å². The minimum absolute atomic E-state index is 0.0595. The molecule has 0 radical (unpaired) electrons. The highest BCUT2D eigenvalue weighted by Crippen LogP contribution is 2.21. The number of carbonyl (C=O) groups is 2. The molecule has 1 atom stereocenters. The molecule has 2 aromatic carbocycles. The molecule has 3 aromatic rings. The maximum absolute atomic E-state index is 13.6. The number of aryl methyl sites for hydroxylation is 1. The quantitative estimate of drug-likeness (QED) is 0.566. The molecule has 1 heterocycles. The summed E-state index contributed by atoms with van der Waals surface area (Å²) in [6, 6.07) is 11.4. The van der Waals surface area contributed by atoms with E-state index in [-0.39, 0.29) is 28.8 Å². The van der Waals surface area contributed by atoms with E-state index in [0.29, 0.717) is 5.69 Å². The molecule has 1 unspecified atom stereocenters. The smallest absolute Gasteiger partial charge is 0.279 e. The van der Waals surface area contributed by atoms with Gasteiger partial charge in [-0.25, -0.2) is 13.5 Å². The molecule has 2 amide bonds. The van der Waals surface area contributed by atoms with Gasteiger partial charge >= 0.3 is 0 Å². The average molecular weight is 449 g/mol. The molecule has 0 saturated carbocycles. The van der Waals surface area contributed by atoms with Crippen LogP contribution >= 0.6 is 11.6 Å². The van der Waals surface area contributed by atoms with Crippen molar-refractivity contribution in [3.05, 3.63) is 82.1 Å². The number of nitrogens with one attached hydrogen (secondary N) is 2. The number of hydrogen-bond acceptors (Lipinski definition) is 4. The average Bonchev–Trinajstić information content (AvgIpc) is 3.02. The number of halogens is 3. The van der Waals surface area contributed by atoms with E-state index in [2.05, 4.69) is 16.0 Å². The maximum Gasteiger partial charge on any atom is 0.279 e. The molecule has 162 valence electrons. The number of rotatable bonds is 6. The van der Waals surface area contributed by atoms with Crippen LogP contribution in [0.1, 0.15) is 28.5 Å². The molecule has 0 saturated heterocycles. The third-order valence-corrected chi connectivity index (χ3v) is 4.73. The summed E-state index contributed by atoms with van der Waals surface area (Å²) in [6.45, 7) is 3.23. The Labute approximate surface area is 181 Å². The fourth-order valence-corrected chi connectivity index (χ4v) is 3.07. The van der Waals surface area contributed by atoms with Crippen molar-refractivity contribution in [3.8, 4) is 5.75 Å². The summed E-state index contributed by atoms with van der Waals surface area (Å²) in [5, 5.41) is 4.29. The fraction of sp³-hybridized carbons (Fsp3) is 0.190. The summed E-state index contributed by atoms with van der Waals surface area (Å²) in [4.78, 5) is 24.7. The van der Waals surface area contributed by atoms with E-state index in [1.807, 2.05) is 0 Å². The topological polar surface area (TPSA) is 85.3 Å². The third-order valence-electron chi connectivity index (χ3n) is 4.35. The highest BCUT2D eigenvalue weighted by Gasteiger charge is 2.22. The number of aromatic nitrogens is 2. The molecule has 3 rings (SSSR count). The van der Waals surface area contributed by atoms with E-state index >= 15 is 0 Å². The summed E-state index contributed by atoms with van der Waals surface area (Å²) in [5.74, 6) is -2.43. The first-order valence-electron chi connectivity index (χ1n) is 9.25. The Balaban J connectivity index is 1.62. The van der Waals surface area contributed by atoms with Crippen LogP contribution < -0.4 is 15.6 Å². The molecular formula is C21H19ClF2N4O3. The van der Waals surface area contributed by atoms with Crippen molar-refractivity contribution in [1.29, 1.82) is 0 Å². The van der Waals surface area contributed by atoms with E-state index in [0.717, 1.165) is 5.56 Å². The SMILES string of the molecule is Cc1nn(Cc2ccc(F)cc2)c(Cl)c1C(=O)NNC(=O)C(C)Oc1ccccc1F. The Hall–Kier alpha value is -3.46. The lowest BCUT2D eigenvalue weighted by Gasteiger charge is -2.15. The molecule has 0 aliphatic carbocycles. The molecule has 0 aliphatic heterocycles. The van der Waals surface area contributed by atoms with Crippen molar-refractivity contribution in [2.75, 3.05) is 0 Å². The highest BCUT2D eigenvalue weighted by molar-refractivity contribution is 6.33. The zero-order chi connectivity index (χ0) is 22.5. The summed E-state index contributed by atoms with van der Waals surface area (Å²) in [6.07, 6.45) is -1.07. The highest BCUT2D eigenvalue weighted by atomic mass is 35.5. The fourth-order valence-electron chi connectivity index (χ4n) is 2.75. The van der Waals surface area contributed by atoms with Gasteiger partial charge in [0.1, 0.15) is 16.5 Å². The lowest BCUT2D eigenvalue weighted by Crippen LogP contribution is -2.47. The summed E-state index contributed by atoms with van der Waals surface area (Å²) < 4.78 is 33.4. The molecule has 0 fully saturated rings. The second kappa shape index (κ2) is 9.57. The van der Waals surface area contributed by atoms with Gasteiger partial charge in [0.25, 0.3) is 11.8 Å². The van der Waals surface area contributed by atoms with Crippen LogP contribution in [0.2, 0.25) is 5.15 Å². The van der Waals surface area contributed by atoms with E-state index in [1.54, 1.807) is 25.1 Å². The van der Waals surface area contributed by atoms with Crippen molar-refractivity contribution in [1.82, 2.24) is 20.6 Å². The van der Waals surface area contributed by atoms with E-state index in [9.17, 15) is 18.4 Å². The van der Waals surface area contributed by atoms with Gasteiger partial charge in [0.2, 0.25) is 0 Å². The number of carbonyl (C=O) groups excluding carboxylic acids is 2. The standard InChI is InChI=1S/C21H19ClF2N4O3/c1-12-18(19(22)28(27-12)11-14-7-9-15(23)10-8-14)21(30)26-25-20(29)13(2)31-17-6-4-3-5-16(17)24/h3-10,13H,11H2,1-2H3,(H,25,29)(H,26,30). The molecule has 2 N–H and O–H groups in total. The van der Waals surface area contributed by atoms with Gasteiger partial charge in [0, 0.05) is 0 Å². The van der Waals surface area contributed by atoms with Crippen molar-refractivity contribution in [2.24, 2.45) is 0 Å². The normalized spacial score (nSPS) is 11.6. The van der Waals surface area contributed by atoms with Crippen molar-refractivity contribution in [3.63, 3.8) is 0 Å². The van der Waals surface area contributed by atoms with Crippen LogP contribution in [0, 0.1) is 18.6 Å². The Morgan fingerprint density at radius 3 is 2.48 bits per heavy atom. The van der Waals surface area contributed by atoms with Crippen LogP contribution in [-0.2, 0) is 11.3 Å². The zero-order valence-electron chi connectivity index (χ0n) is 16.7. The summed E-state index contributed by atoms with van der Waals surface area (Å²) >= 11 is 6.29. The predicted molar refractivity (Wildman–Crippen MR) is 110 cm³/mol. The van der Waals surface area contributed by atoms with Crippen molar-refractivity contribution < 1.29 is 23.1 Å². The van der Waals surface area contributed by atoms with Gasteiger partial charge in [-0.05, 0) is 43.7 Å². The molecule has 0 bridgehead atoms. The number of hydrogen-bond donors (Lipinski definition) is 2. The Morgan fingerprint density at radius 1 is 1.13 bits per heavy atom. The third kappa shape index (κ3) is 5.37. The van der Waals surface area contributed by atoms with Crippen molar-refractivity contribution >= 4 is 23.4 Å². The number of amides is 2.